The van der Waals surface area contributed by atoms with Gasteiger partial charge in [-0.05, 0) is 23.9 Å². The Labute approximate surface area is 89.4 Å². The first-order valence-electron chi connectivity index (χ1n) is 5.11. The van der Waals surface area contributed by atoms with Gasteiger partial charge in [0.1, 0.15) is 10.8 Å². The average molecular weight is 214 g/mol. The molecule has 80 valence electrons. The minimum Gasteiger partial charge on any atom is -0.393 e. The molecule has 0 saturated heterocycles. The van der Waals surface area contributed by atoms with E-state index in [1.165, 1.54) is 11.5 Å². The van der Waals surface area contributed by atoms with E-state index < -0.39 is 0 Å². The van der Waals surface area contributed by atoms with Gasteiger partial charge < -0.3 is 5.11 Å². The fraction of sp³-hybridized carbons (Fsp3) is 0.800. The van der Waals surface area contributed by atoms with Crippen LogP contribution in [0, 0.1) is 5.92 Å². The third kappa shape index (κ3) is 3.72. The molecular weight excluding hydrogens is 196 g/mol. The van der Waals surface area contributed by atoms with Crippen LogP contribution in [0.4, 0.5) is 0 Å². The minimum atomic E-state index is -0.271. The van der Waals surface area contributed by atoms with E-state index in [-0.39, 0.29) is 6.10 Å². The van der Waals surface area contributed by atoms with Gasteiger partial charge in [-0.15, -0.1) is 0 Å². The molecule has 14 heavy (non-hydrogen) atoms. The first-order chi connectivity index (χ1) is 6.61. The van der Waals surface area contributed by atoms with Crippen molar-refractivity contribution in [1.82, 2.24) is 9.36 Å². The van der Waals surface area contributed by atoms with Gasteiger partial charge in [-0.1, -0.05) is 20.8 Å². The smallest absolute Gasteiger partial charge is 0.142 e. The molecule has 1 heterocycles. The molecular formula is C10H18N2OS. The van der Waals surface area contributed by atoms with Crippen LogP contribution >= 0.6 is 11.5 Å². The van der Waals surface area contributed by atoms with Gasteiger partial charge in [-0.25, -0.2) is 4.98 Å². The summed E-state index contributed by atoms with van der Waals surface area (Å²) >= 11 is 1.41. The number of hydrogen-bond donors (Lipinski definition) is 1. The van der Waals surface area contributed by atoms with E-state index in [2.05, 4.69) is 23.2 Å². The van der Waals surface area contributed by atoms with Crippen molar-refractivity contribution in [2.45, 2.75) is 46.1 Å². The van der Waals surface area contributed by atoms with Crippen molar-refractivity contribution in [3.63, 3.8) is 0 Å². The normalized spacial score (nSPS) is 13.5. The van der Waals surface area contributed by atoms with Crippen LogP contribution in [0.1, 0.15) is 38.0 Å². The highest BCUT2D eigenvalue weighted by molar-refractivity contribution is 7.05. The third-order valence-electron chi connectivity index (χ3n) is 1.98. The molecule has 0 aliphatic carbocycles. The van der Waals surface area contributed by atoms with E-state index in [4.69, 9.17) is 0 Å². The van der Waals surface area contributed by atoms with Crippen LogP contribution in [-0.2, 0) is 12.8 Å². The van der Waals surface area contributed by atoms with Crippen molar-refractivity contribution in [2.24, 2.45) is 5.92 Å². The fourth-order valence-corrected chi connectivity index (χ4v) is 2.14. The van der Waals surface area contributed by atoms with E-state index in [0.29, 0.717) is 12.3 Å². The largest absolute Gasteiger partial charge is 0.393 e. The summed E-state index contributed by atoms with van der Waals surface area (Å²) in [5.41, 5.74) is 0. The number of rotatable bonds is 5. The Kier molecular flexibility index (Phi) is 4.48. The summed E-state index contributed by atoms with van der Waals surface area (Å²) in [6.07, 6.45) is 2.08. The Morgan fingerprint density at radius 1 is 1.43 bits per heavy atom. The predicted molar refractivity (Wildman–Crippen MR) is 58.5 cm³/mol. The molecule has 0 aliphatic rings. The van der Waals surface area contributed by atoms with Crippen molar-refractivity contribution in [2.75, 3.05) is 0 Å². The van der Waals surface area contributed by atoms with Crippen LogP contribution in [0.25, 0.3) is 0 Å². The van der Waals surface area contributed by atoms with Gasteiger partial charge in [0.15, 0.2) is 0 Å². The van der Waals surface area contributed by atoms with Gasteiger partial charge >= 0.3 is 0 Å². The van der Waals surface area contributed by atoms with Crippen LogP contribution < -0.4 is 0 Å². The molecule has 1 aromatic heterocycles. The average Bonchev–Trinajstić information content (AvgIpc) is 2.50. The molecule has 3 nitrogen and oxygen atoms in total. The summed E-state index contributed by atoms with van der Waals surface area (Å²) in [7, 11) is 0. The number of aliphatic hydroxyl groups is 1. The maximum atomic E-state index is 9.69. The Hall–Kier alpha value is -0.480. The molecule has 1 rings (SSSR count). The molecule has 0 spiro atoms. The first kappa shape index (κ1) is 11.6. The third-order valence-corrected chi connectivity index (χ3v) is 2.75. The zero-order chi connectivity index (χ0) is 10.6. The summed E-state index contributed by atoms with van der Waals surface area (Å²) in [5.74, 6) is 1.42. The molecule has 0 amide bonds. The van der Waals surface area contributed by atoms with Crippen LogP contribution in [0.2, 0.25) is 0 Å². The maximum Gasteiger partial charge on any atom is 0.142 e. The number of aryl methyl sites for hydroxylation is 1. The Bertz CT molecular complexity index is 273. The number of aliphatic hydroxyl groups excluding tert-OH is 1. The van der Waals surface area contributed by atoms with E-state index in [1.54, 1.807) is 0 Å². The second-order valence-corrected chi connectivity index (χ2v) is 4.78. The Morgan fingerprint density at radius 2 is 2.14 bits per heavy atom. The van der Waals surface area contributed by atoms with Crippen LogP contribution in [0.3, 0.4) is 0 Å². The molecule has 1 aromatic rings. The van der Waals surface area contributed by atoms with Crippen LogP contribution in [0.15, 0.2) is 0 Å². The highest BCUT2D eigenvalue weighted by Crippen LogP contribution is 2.12. The lowest BCUT2D eigenvalue weighted by Crippen LogP contribution is -2.13. The zero-order valence-corrected chi connectivity index (χ0v) is 9.84. The van der Waals surface area contributed by atoms with Gasteiger partial charge in [0, 0.05) is 12.8 Å². The van der Waals surface area contributed by atoms with E-state index in [0.717, 1.165) is 23.7 Å². The minimum absolute atomic E-state index is 0.271. The van der Waals surface area contributed by atoms with E-state index in [9.17, 15) is 5.11 Å². The lowest BCUT2D eigenvalue weighted by atomic mass is 10.0. The van der Waals surface area contributed by atoms with Gasteiger partial charge in [0.25, 0.3) is 0 Å². The fourth-order valence-electron chi connectivity index (χ4n) is 1.35. The highest BCUT2D eigenvalue weighted by Gasteiger charge is 2.11. The molecule has 0 fully saturated rings. The molecule has 1 unspecified atom stereocenters. The number of aromatic nitrogens is 2. The molecule has 0 bridgehead atoms. The van der Waals surface area contributed by atoms with Crippen molar-refractivity contribution < 1.29 is 5.11 Å². The van der Waals surface area contributed by atoms with E-state index in [1.807, 2.05) is 6.92 Å². The van der Waals surface area contributed by atoms with Crippen molar-refractivity contribution in [3.05, 3.63) is 10.8 Å². The standard InChI is InChI=1S/C10H18N2OS/c1-4-9-11-10(14-12-9)6-8(13)5-7(2)3/h7-8,13H,4-6H2,1-3H3. The molecule has 1 N–H and O–H groups in total. The lowest BCUT2D eigenvalue weighted by Gasteiger charge is -2.10. The van der Waals surface area contributed by atoms with Gasteiger partial charge in [0.05, 0.1) is 6.10 Å². The van der Waals surface area contributed by atoms with Crippen LogP contribution in [-0.4, -0.2) is 20.6 Å². The highest BCUT2D eigenvalue weighted by atomic mass is 32.1. The lowest BCUT2D eigenvalue weighted by molar-refractivity contribution is 0.149. The SMILES string of the molecule is CCc1nsc(CC(O)CC(C)C)n1. The second kappa shape index (κ2) is 5.41. The summed E-state index contributed by atoms with van der Waals surface area (Å²) in [5, 5.41) is 10.6. The van der Waals surface area contributed by atoms with Crippen LogP contribution in [0.5, 0.6) is 0 Å². The molecule has 0 radical (unpaired) electrons. The molecule has 0 aromatic carbocycles. The summed E-state index contributed by atoms with van der Waals surface area (Å²) in [6, 6.07) is 0. The van der Waals surface area contributed by atoms with Gasteiger partial charge in [-0.2, -0.15) is 4.37 Å². The first-order valence-corrected chi connectivity index (χ1v) is 5.88. The summed E-state index contributed by atoms with van der Waals surface area (Å²) < 4.78 is 4.19. The molecule has 0 saturated carbocycles. The Balaban J connectivity index is 2.43. The van der Waals surface area contributed by atoms with E-state index >= 15 is 0 Å². The van der Waals surface area contributed by atoms with Gasteiger partial charge in [0.2, 0.25) is 0 Å². The summed E-state index contributed by atoms with van der Waals surface area (Å²) in [6.45, 7) is 6.26. The number of hydrogen-bond acceptors (Lipinski definition) is 4. The van der Waals surface area contributed by atoms with Crippen molar-refractivity contribution in [3.8, 4) is 0 Å². The quantitative estimate of drug-likeness (QED) is 0.816. The van der Waals surface area contributed by atoms with Crippen molar-refractivity contribution in [1.29, 1.82) is 0 Å². The number of nitrogens with zero attached hydrogens (tertiary/aromatic N) is 2. The molecule has 0 aliphatic heterocycles. The molecule has 4 heteroatoms. The maximum absolute atomic E-state index is 9.69. The van der Waals surface area contributed by atoms with Crippen molar-refractivity contribution >= 4 is 11.5 Å². The molecule has 1 atom stereocenters. The second-order valence-electron chi connectivity index (χ2n) is 3.95. The van der Waals surface area contributed by atoms with Gasteiger partial charge in [-0.3, -0.25) is 0 Å². The summed E-state index contributed by atoms with van der Waals surface area (Å²) in [4.78, 5) is 4.32. The Morgan fingerprint density at radius 3 is 2.64 bits per heavy atom. The monoisotopic (exact) mass is 214 g/mol. The topological polar surface area (TPSA) is 46.0 Å². The zero-order valence-electron chi connectivity index (χ0n) is 9.03. The predicted octanol–water partition coefficient (Wildman–Crippen LogP) is 2.05.